The van der Waals surface area contributed by atoms with Gasteiger partial charge in [0, 0.05) is 11.9 Å². The van der Waals surface area contributed by atoms with Crippen molar-refractivity contribution in [3.05, 3.63) is 47.5 Å². The van der Waals surface area contributed by atoms with E-state index in [-0.39, 0.29) is 6.04 Å². The van der Waals surface area contributed by atoms with Crippen molar-refractivity contribution in [2.24, 2.45) is 0 Å². The molecule has 0 aliphatic carbocycles. The van der Waals surface area contributed by atoms with Crippen LogP contribution in [-0.4, -0.2) is 22.8 Å². The first-order valence-corrected chi connectivity index (χ1v) is 7.12. The average Bonchev–Trinajstić information content (AvgIpc) is 3.03. The average molecular weight is 296 g/mol. The highest BCUT2D eigenvalue weighted by Gasteiger charge is 2.22. The standard InChI is InChI=1S/C16H16N4O2/c1-22-16(21)19-14-7-11(5-6-12(14)8-17)15-4-2-3-13-9-18-10-20(13)15/h5-7,9-10,15H,2-4H2,1H3,(H,19,21). The van der Waals surface area contributed by atoms with Gasteiger partial charge in [0.05, 0.1) is 30.7 Å². The number of fused-ring (bicyclic) bond motifs is 1. The number of aromatic nitrogens is 2. The second kappa shape index (κ2) is 5.90. The number of rotatable bonds is 2. The molecule has 2 heterocycles. The summed E-state index contributed by atoms with van der Waals surface area (Å²) in [5.74, 6) is 0. The second-order valence-corrected chi connectivity index (χ2v) is 5.23. The molecule has 1 aromatic heterocycles. The van der Waals surface area contributed by atoms with Crippen LogP contribution in [0.3, 0.4) is 0 Å². The highest BCUT2D eigenvalue weighted by molar-refractivity contribution is 5.86. The fourth-order valence-electron chi connectivity index (χ4n) is 2.88. The van der Waals surface area contributed by atoms with Crippen molar-refractivity contribution < 1.29 is 9.53 Å². The maximum absolute atomic E-state index is 11.4. The third kappa shape index (κ3) is 2.53. The molecule has 1 amide bonds. The minimum absolute atomic E-state index is 0.178. The zero-order valence-electron chi connectivity index (χ0n) is 12.2. The van der Waals surface area contributed by atoms with E-state index in [4.69, 9.17) is 0 Å². The van der Waals surface area contributed by atoms with Crippen LogP contribution in [0.2, 0.25) is 0 Å². The van der Waals surface area contributed by atoms with Gasteiger partial charge in [-0.3, -0.25) is 5.32 Å². The number of benzene rings is 1. The van der Waals surface area contributed by atoms with Gasteiger partial charge in [-0.25, -0.2) is 9.78 Å². The van der Waals surface area contributed by atoms with Gasteiger partial charge in [-0.1, -0.05) is 6.07 Å². The molecule has 2 aromatic rings. The lowest BCUT2D eigenvalue weighted by molar-refractivity contribution is 0.187. The summed E-state index contributed by atoms with van der Waals surface area (Å²) in [4.78, 5) is 15.7. The molecule has 0 spiro atoms. The molecule has 0 radical (unpaired) electrons. The Morgan fingerprint density at radius 1 is 1.55 bits per heavy atom. The van der Waals surface area contributed by atoms with Crippen LogP contribution in [-0.2, 0) is 11.2 Å². The van der Waals surface area contributed by atoms with Crippen LogP contribution < -0.4 is 5.32 Å². The Morgan fingerprint density at radius 3 is 3.18 bits per heavy atom. The summed E-state index contributed by atoms with van der Waals surface area (Å²) in [7, 11) is 1.30. The summed E-state index contributed by atoms with van der Waals surface area (Å²) in [6, 6.07) is 7.76. The molecule has 1 aliphatic heterocycles. The number of ether oxygens (including phenoxy) is 1. The molecule has 22 heavy (non-hydrogen) atoms. The van der Waals surface area contributed by atoms with Gasteiger partial charge >= 0.3 is 6.09 Å². The molecule has 1 atom stereocenters. The zero-order valence-corrected chi connectivity index (χ0v) is 12.2. The highest BCUT2D eigenvalue weighted by atomic mass is 16.5. The molecule has 1 aromatic carbocycles. The summed E-state index contributed by atoms with van der Waals surface area (Å²) in [5.41, 5.74) is 3.14. The predicted octanol–water partition coefficient (Wildman–Crippen LogP) is 2.86. The molecule has 1 N–H and O–H groups in total. The van der Waals surface area contributed by atoms with Gasteiger partial charge in [-0.2, -0.15) is 5.26 Å². The van der Waals surface area contributed by atoms with Crippen molar-refractivity contribution >= 4 is 11.8 Å². The number of hydrogen-bond acceptors (Lipinski definition) is 4. The molecular formula is C16H16N4O2. The van der Waals surface area contributed by atoms with Crippen LogP contribution >= 0.6 is 0 Å². The summed E-state index contributed by atoms with van der Waals surface area (Å²) in [6.45, 7) is 0. The van der Waals surface area contributed by atoms with Crippen LogP contribution in [0.15, 0.2) is 30.7 Å². The van der Waals surface area contributed by atoms with E-state index in [9.17, 15) is 10.1 Å². The number of methoxy groups -OCH3 is 1. The first kappa shape index (κ1) is 14.1. The largest absolute Gasteiger partial charge is 0.453 e. The van der Waals surface area contributed by atoms with E-state index < -0.39 is 6.09 Å². The number of nitrogens with one attached hydrogen (secondary N) is 1. The summed E-state index contributed by atoms with van der Waals surface area (Å²) in [5, 5.41) is 11.8. The van der Waals surface area contributed by atoms with E-state index >= 15 is 0 Å². The Morgan fingerprint density at radius 2 is 2.41 bits per heavy atom. The normalized spacial score (nSPS) is 16.5. The number of anilines is 1. The Bertz CT molecular complexity index is 745. The van der Waals surface area contributed by atoms with Crippen molar-refractivity contribution in [1.82, 2.24) is 9.55 Å². The summed E-state index contributed by atoms with van der Waals surface area (Å²) < 4.78 is 6.77. The first-order valence-electron chi connectivity index (χ1n) is 7.12. The monoisotopic (exact) mass is 296 g/mol. The molecule has 0 saturated heterocycles. The van der Waals surface area contributed by atoms with Gasteiger partial charge in [0.1, 0.15) is 6.07 Å². The van der Waals surface area contributed by atoms with Crippen molar-refractivity contribution in [2.45, 2.75) is 25.3 Å². The third-order valence-corrected chi connectivity index (χ3v) is 3.96. The van der Waals surface area contributed by atoms with E-state index in [1.807, 2.05) is 24.7 Å². The van der Waals surface area contributed by atoms with Crippen LogP contribution in [0.5, 0.6) is 0 Å². The molecule has 1 aliphatic rings. The van der Waals surface area contributed by atoms with E-state index in [2.05, 4.69) is 25.7 Å². The van der Waals surface area contributed by atoms with Gasteiger partial charge in [-0.05, 0) is 37.0 Å². The van der Waals surface area contributed by atoms with E-state index in [1.54, 1.807) is 6.07 Å². The SMILES string of the molecule is COC(=O)Nc1cc(C2CCCc3cncn32)ccc1C#N. The molecule has 112 valence electrons. The minimum atomic E-state index is -0.583. The maximum Gasteiger partial charge on any atom is 0.411 e. The molecule has 0 fully saturated rings. The fourth-order valence-corrected chi connectivity index (χ4v) is 2.88. The smallest absolute Gasteiger partial charge is 0.411 e. The summed E-state index contributed by atoms with van der Waals surface area (Å²) >= 11 is 0. The van der Waals surface area contributed by atoms with Gasteiger partial charge in [0.25, 0.3) is 0 Å². The quantitative estimate of drug-likeness (QED) is 0.924. The molecular weight excluding hydrogens is 280 g/mol. The lowest BCUT2D eigenvalue weighted by atomic mass is 9.95. The lowest BCUT2D eigenvalue weighted by Gasteiger charge is -2.26. The van der Waals surface area contributed by atoms with Crippen LogP contribution in [0.4, 0.5) is 10.5 Å². The van der Waals surface area contributed by atoms with Crippen LogP contribution in [0.1, 0.15) is 35.7 Å². The van der Waals surface area contributed by atoms with Gasteiger partial charge in [0.2, 0.25) is 0 Å². The number of amides is 1. The number of carbonyl (C=O) groups is 1. The molecule has 3 rings (SSSR count). The maximum atomic E-state index is 11.4. The zero-order chi connectivity index (χ0) is 15.5. The van der Waals surface area contributed by atoms with Gasteiger partial charge < -0.3 is 9.30 Å². The van der Waals surface area contributed by atoms with E-state index in [0.717, 1.165) is 24.8 Å². The number of nitrogens with zero attached hydrogens (tertiary/aromatic N) is 3. The third-order valence-electron chi connectivity index (χ3n) is 3.96. The molecule has 0 saturated carbocycles. The number of aryl methyl sites for hydroxylation is 1. The summed E-state index contributed by atoms with van der Waals surface area (Å²) in [6.07, 6.45) is 6.28. The highest BCUT2D eigenvalue weighted by Crippen LogP contribution is 2.32. The topological polar surface area (TPSA) is 79.9 Å². The molecule has 6 heteroatoms. The number of hydrogen-bond donors (Lipinski definition) is 1. The second-order valence-electron chi connectivity index (χ2n) is 5.23. The Balaban J connectivity index is 1.98. The van der Waals surface area contributed by atoms with Crippen molar-refractivity contribution in [3.63, 3.8) is 0 Å². The first-order chi connectivity index (χ1) is 10.7. The number of nitriles is 1. The number of carbonyl (C=O) groups excluding carboxylic acids is 1. The van der Waals surface area contributed by atoms with E-state index in [0.29, 0.717) is 11.3 Å². The van der Waals surface area contributed by atoms with Gasteiger partial charge in [-0.15, -0.1) is 0 Å². The Labute approximate surface area is 128 Å². The lowest BCUT2D eigenvalue weighted by Crippen LogP contribution is -2.18. The van der Waals surface area contributed by atoms with Crippen LogP contribution in [0.25, 0.3) is 0 Å². The molecule has 1 unspecified atom stereocenters. The fraction of sp³-hybridized carbons (Fsp3) is 0.312. The molecule has 0 bridgehead atoms. The number of imidazole rings is 1. The minimum Gasteiger partial charge on any atom is -0.453 e. The van der Waals surface area contributed by atoms with E-state index in [1.165, 1.54) is 12.8 Å². The van der Waals surface area contributed by atoms with Gasteiger partial charge in [0.15, 0.2) is 0 Å². The van der Waals surface area contributed by atoms with Crippen molar-refractivity contribution in [3.8, 4) is 6.07 Å². The van der Waals surface area contributed by atoms with Crippen LogP contribution in [0, 0.1) is 11.3 Å². The van der Waals surface area contributed by atoms with Crippen molar-refractivity contribution in [1.29, 1.82) is 5.26 Å². The predicted molar refractivity (Wildman–Crippen MR) is 80.5 cm³/mol. The Hall–Kier alpha value is -2.81. The Kier molecular flexibility index (Phi) is 3.79. The molecule has 6 nitrogen and oxygen atoms in total. The van der Waals surface area contributed by atoms with Crippen molar-refractivity contribution in [2.75, 3.05) is 12.4 Å².